The molecule has 5 rings (SSSR count). The second kappa shape index (κ2) is 11.4. The minimum absolute atomic E-state index is 0.0350. The van der Waals surface area contributed by atoms with E-state index < -0.39 is 0 Å². The predicted molar refractivity (Wildman–Crippen MR) is 141 cm³/mol. The molecule has 7 heteroatoms. The second-order valence-electron chi connectivity index (χ2n) is 9.47. The van der Waals surface area contributed by atoms with Gasteiger partial charge in [-0.1, -0.05) is 24.3 Å². The van der Waals surface area contributed by atoms with Crippen LogP contribution >= 0.6 is 11.8 Å². The van der Waals surface area contributed by atoms with Crippen molar-refractivity contribution in [2.45, 2.75) is 61.4 Å². The van der Waals surface area contributed by atoms with Crippen LogP contribution in [0.15, 0.2) is 77.7 Å². The minimum atomic E-state index is -0.337. The van der Waals surface area contributed by atoms with Crippen LogP contribution in [0, 0.1) is 5.82 Å². The van der Waals surface area contributed by atoms with Gasteiger partial charge >= 0.3 is 5.97 Å². The summed E-state index contributed by atoms with van der Waals surface area (Å²) in [5.41, 5.74) is 2.24. The molecule has 1 unspecified atom stereocenters. The molecule has 3 aromatic rings. The molecule has 0 spiro atoms. The van der Waals surface area contributed by atoms with Crippen LogP contribution in [0.2, 0.25) is 0 Å². The molecule has 2 fully saturated rings. The van der Waals surface area contributed by atoms with Crippen LogP contribution in [-0.4, -0.2) is 41.6 Å². The van der Waals surface area contributed by atoms with Gasteiger partial charge in [-0.25, -0.2) is 9.18 Å². The van der Waals surface area contributed by atoms with Crippen LogP contribution in [0.25, 0.3) is 0 Å². The zero-order chi connectivity index (χ0) is 25.8. The van der Waals surface area contributed by atoms with Crippen molar-refractivity contribution in [3.63, 3.8) is 0 Å². The molecule has 2 aliphatic rings. The van der Waals surface area contributed by atoms with E-state index in [1.54, 1.807) is 43.3 Å². The van der Waals surface area contributed by atoms with Gasteiger partial charge in [-0.15, -0.1) is 11.8 Å². The van der Waals surface area contributed by atoms with E-state index >= 15 is 0 Å². The number of benzene rings is 3. The van der Waals surface area contributed by atoms with Crippen molar-refractivity contribution in [1.82, 2.24) is 4.90 Å². The normalized spacial score (nSPS) is 20.5. The van der Waals surface area contributed by atoms with Crippen LogP contribution in [0.3, 0.4) is 0 Å². The first-order valence-corrected chi connectivity index (χ1v) is 13.7. The first-order valence-electron chi connectivity index (χ1n) is 12.7. The van der Waals surface area contributed by atoms with E-state index in [1.807, 2.05) is 35.2 Å². The maximum absolute atomic E-state index is 13.9. The summed E-state index contributed by atoms with van der Waals surface area (Å²) >= 11 is 1.45. The number of amides is 1. The quantitative estimate of drug-likeness (QED) is 0.251. The molecule has 192 valence electrons. The number of thioether (sulfide) groups is 1. The number of hydrogen-bond donors (Lipinski definition) is 0. The van der Waals surface area contributed by atoms with Crippen molar-refractivity contribution in [3.8, 4) is 5.75 Å². The Morgan fingerprint density at radius 3 is 2.22 bits per heavy atom. The molecular formula is C30H30FNO4S. The van der Waals surface area contributed by atoms with Gasteiger partial charge in [-0.05, 0) is 73.9 Å². The Balaban J connectivity index is 1.17. The lowest BCUT2D eigenvalue weighted by Gasteiger charge is -2.39. The number of nitrogens with zero attached hydrogens (tertiary/aromatic N) is 1. The topological polar surface area (TPSA) is 55.8 Å². The lowest BCUT2D eigenvalue weighted by atomic mass is 9.98. The summed E-state index contributed by atoms with van der Waals surface area (Å²) in [5, 5.41) is 0. The monoisotopic (exact) mass is 519 g/mol. The SMILES string of the molecule is CCOC(=O)c1ccc(OC2C[C@H]3CC[C@@H](C2)N3C(=O)c2ccc(CSc3ccccc3F)cc2)cc1. The van der Waals surface area contributed by atoms with Gasteiger partial charge in [0.1, 0.15) is 17.7 Å². The molecule has 2 saturated heterocycles. The highest BCUT2D eigenvalue weighted by atomic mass is 32.2. The average Bonchev–Trinajstić information content (AvgIpc) is 3.18. The number of fused-ring (bicyclic) bond motifs is 2. The molecule has 2 aliphatic heterocycles. The fourth-order valence-electron chi connectivity index (χ4n) is 5.25. The Labute approximate surface area is 221 Å². The first-order chi connectivity index (χ1) is 18.0. The van der Waals surface area contributed by atoms with Gasteiger partial charge in [-0.2, -0.15) is 0 Å². The second-order valence-corrected chi connectivity index (χ2v) is 10.5. The Morgan fingerprint density at radius 2 is 1.57 bits per heavy atom. The van der Waals surface area contributed by atoms with Gasteiger partial charge in [0.2, 0.25) is 0 Å². The summed E-state index contributed by atoms with van der Waals surface area (Å²) in [5.74, 6) is 0.884. The van der Waals surface area contributed by atoms with Gasteiger partial charge in [0, 0.05) is 41.1 Å². The molecule has 0 N–H and O–H groups in total. The molecule has 5 nitrogen and oxygen atoms in total. The van der Waals surface area contributed by atoms with Crippen molar-refractivity contribution in [3.05, 3.63) is 95.3 Å². The Morgan fingerprint density at radius 1 is 0.919 bits per heavy atom. The standard InChI is InChI=1S/C30H30FNO4S/c1-2-35-30(34)22-11-15-25(16-12-22)36-26-17-23-13-14-24(18-26)32(23)29(33)21-9-7-20(8-10-21)19-37-28-6-4-3-5-27(28)31/h3-12,15-16,23-24,26H,2,13-14,17-19H2,1H3/t23-,24+,26?. The van der Waals surface area contributed by atoms with Crippen LogP contribution in [0.1, 0.15) is 58.9 Å². The number of hydrogen-bond acceptors (Lipinski definition) is 5. The fourth-order valence-corrected chi connectivity index (χ4v) is 6.14. The van der Waals surface area contributed by atoms with Crippen molar-refractivity contribution >= 4 is 23.6 Å². The number of halogens is 1. The smallest absolute Gasteiger partial charge is 0.338 e. The van der Waals surface area contributed by atoms with Crippen LogP contribution in [-0.2, 0) is 10.5 Å². The number of rotatable bonds is 8. The van der Waals surface area contributed by atoms with Crippen molar-refractivity contribution in [2.75, 3.05) is 6.61 Å². The number of carbonyl (C=O) groups is 2. The van der Waals surface area contributed by atoms with Crippen molar-refractivity contribution in [1.29, 1.82) is 0 Å². The largest absolute Gasteiger partial charge is 0.490 e. The van der Waals surface area contributed by atoms with Gasteiger partial charge in [0.05, 0.1) is 12.2 Å². The maximum atomic E-state index is 13.9. The molecule has 0 aliphatic carbocycles. The minimum Gasteiger partial charge on any atom is -0.490 e. The molecule has 2 bridgehead atoms. The van der Waals surface area contributed by atoms with Gasteiger partial charge in [-0.3, -0.25) is 4.79 Å². The molecular weight excluding hydrogens is 489 g/mol. The van der Waals surface area contributed by atoms with Crippen LogP contribution in [0.5, 0.6) is 5.75 Å². The molecule has 3 aromatic carbocycles. The number of piperidine rings is 1. The first kappa shape index (κ1) is 25.3. The average molecular weight is 520 g/mol. The molecule has 0 radical (unpaired) electrons. The van der Waals surface area contributed by atoms with Crippen LogP contribution < -0.4 is 4.74 Å². The van der Waals surface area contributed by atoms with Crippen molar-refractivity contribution in [2.24, 2.45) is 0 Å². The van der Waals surface area contributed by atoms with E-state index in [-0.39, 0.29) is 35.9 Å². The highest BCUT2D eigenvalue weighted by Crippen LogP contribution is 2.38. The molecule has 2 heterocycles. The third kappa shape index (κ3) is 5.82. The summed E-state index contributed by atoms with van der Waals surface area (Å²) < 4.78 is 25.1. The van der Waals surface area contributed by atoms with Gasteiger partial charge < -0.3 is 14.4 Å². The highest BCUT2D eigenvalue weighted by molar-refractivity contribution is 7.98. The van der Waals surface area contributed by atoms with E-state index in [4.69, 9.17) is 9.47 Å². The number of carbonyl (C=O) groups excluding carboxylic acids is 2. The Hall–Kier alpha value is -3.32. The lowest BCUT2D eigenvalue weighted by Crippen LogP contribution is -2.49. The summed E-state index contributed by atoms with van der Waals surface area (Å²) in [6.07, 6.45) is 3.58. The van der Waals surface area contributed by atoms with Gasteiger partial charge in [0.25, 0.3) is 5.91 Å². The van der Waals surface area contributed by atoms with E-state index in [9.17, 15) is 14.0 Å². The third-order valence-corrected chi connectivity index (χ3v) is 8.14. The number of ether oxygens (including phenoxy) is 2. The maximum Gasteiger partial charge on any atom is 0.338 e. The van der Waals surface area contributed by atoms with Gasteiger partial charge in [0.15, 0.2) is 0 Å². The molecule has 37 heavy (non-hydrogen) atoms. The van der Waals surface area contributed by atoms with Crippen LogP contribution in [0.4, 0.5) is 4.39 Å². The summed E-state index contributed by atoms with van der Waals surface area (Å²) in [6.45, 7) is 2.13. The van der Waals surface area contributed by atoms with E-state index in [0.717, 1.165) is 37.0 Å². The lowest BCUT2D eigenvalue weighted by molar-refractivity contribution is 0.0359. The van der Waals surface area contributed by atoms with E-state index in [0.29, 0.717) is 28.4 Å². The third-order valence-electron chi connectivity index (χ3n) is 7.02. The highest BCUT2D eigenvalue weighted by Gasteiger charge is 2.44. The molecule has 3 atom stereocenters. The Bertz CT molecular complexity index is 1230. The zero-order valence-electron chi connectivity index (χ0n) is 20.8. The molecule has 1 amide bonds. The predicted octanol–water partition coefficient (Wildman–Crippen LogP) is 6.51. The summed E-state index contributed by atoms with van der Waals surface area (Å²) in [7, 11) is 0. The Kier molecular flexibility index (Phi) is 7.79. The fraction of sp³-hybridized carbons (Fsp3) is 0.333. The number of esters is 1. The molecule has 0 aromatic heterocycles. The van der Waals surface area contributed by atoms with Crippen molar-refractivity contribution < 1.29 is 23.5 Å². The summed E-state index contributed by atoms with van der Waals surface area (Å²) in [6, 6.07) is 21.8. The van der Waals surface area contributed by atoms with E-state index in [2.05, 4.69) is 0 Å². The zero-order valence-corrected chi connectivity index (χ0v) is 21.6. The summed E-state index contributed by atoms with van der Waals surface area (Å²) in [4.78, 5) is 27.9. The molecule has 0 saturated carbocycles. The van der Waals surface area contributed by atoms with E-state index in [1.165, 1.54) is 17.8 Å².